The molecule has 0 saturated carbocycles. The van der Waals surface area contributed by atoms with Crippen LogP contribution in [0.5, 0.6) is 0 Å². The molecule has 1 aromatic heterocycles. The largest absolute Gasteiger partial charge is 0.361 e. The van der Waals surface area contributed by atoms with E-state index in [2.05, 4.69) is 10.5 Å². The van der Waals surface area contributed by atoms with Gasteiger partial charge in [0.25, 0.3) is 11.8 Å². The lowest BCUT2D eigenvalue weighted by atomic mass is 10.1. The smallest absolute Gasteiger partial charge is 0.261 e. The fourth-order valence-corrected chi connectivity index (χ4v) is 2.61. The molecular weight excluding hydrogens is 310 g/mol. The van der Waals surface area contributed by atoms with E-state index in [1.54, 1.807) is 31.2 Å². The Morgan fingerprint density at radius 3 is 2.46 bits per heavy atom. The molecule has 3 amide bonds. The average molecular weight is 327 g/mol. The van der Waals surface area contributed by atoms with E-state index in [1.807, 2.05) is 6.07 Å². The molecule has 2 aromatic rings. The molecule has 124 valence electrons. The number of rotatable bonds is 6. The van der Waals surface area contributed by atoms with Crippen LogP contribution in [0.2, 0.25) is 0 Å². The van der Waals surface area contributed by atoms with Crippen molar-refractivity contribution in [2.75, 3.05) is 13.1 Å². The van der Waals surface area contributed by atoms with Gasteiger partial charge in [-0.1, -0.05) is 17.3 Å². The summed E-state index contributed by atoms with van der Waals surface area (Å²) in [5.74, 6) is -0.184. The summed E-state index contributed by atoms with van der Waals surface area (Å²) < 4.78 is 4.95. The summed E-state index contributed by atoms with van der Waals surface area (Å²) in [6.45, 7) is 2.30. The van der Waals surface area contributed by atoms with Crippen molar-refractivity contribution in [3.05, 3.63) is 52.9 Å². The van der Waals surface area contributed by atoms with E-state index >= 15 is 0 Å². The number of fused-ring (bicyclic) bond motifs is 1. The quantitative estimate of drug-likeness (QED) is 0.808. The molecule has 1 aliphatic rings. The second kappa shape index (κ2) is 6.66. The lowest BCUT2D eigenvalue weighted by Crippen LogP contribution is -2.35. The van der Waals surface area contributed by atoms with Gasteiger partial charge in [-0.25, -0.2) is 0 Å². The molecule has 1 N–H and O–H groups in total. The fraction of sp³-hybridized carbons (Fsp3) is 0.294. The zero-order valence-electron chi connectivity index (χ0n) is 13.2. The summed E-state index contributed by atoms with van der Waals surface area (Å²) in [4.78, 5) is 37.3. The van der Waals surface area contributed by atoms with Crippen molar-refractivity contribution in [3.63, 3.8) is 0 Å². The Kier molecular flexibility index (Phi) is 4.41. The van der Waals surface area contributed by atoms with Crippen molar-refractivity contribution in [2.24, 2.45) is 0 Å². The Bertz CT molecular complexity index is 762. The van der Waals surface area contributed by atoms with Gasteiger partial charge in [0.1, 0.15) is 5.76 Å². The van der Waals surface area contributed by atoms with Crippen LogP contribution in [0, 0.1) is 6.92 Å². The van der Waals surface area contributed by atoms with Crippen LogP contribution in [-0.2, 0) is 11.2 Å². The third-order valence-corrected chi connectivity index (χ3v) is 3.82. The maximum Gasteiger partial charge on any atom is 0.261 e. The second-order valence-corrected chi connectivity index (χ2v) is 5.59. The predicted octanol–water partition coefficient (Wildman–Crippen LogP) is 1.33. The minimum Gasteiger partial charge on any atom is -0.361 e. The van der Waals surface area contributed by atoms with Crippen molar-refractivity contribution < 1.29 is 18.9 Å². The van der Waals surface area contributed by atoms with Gasteiger partial charge >= 0.3 is 0 Å². The van der Waals surface area contributed by atoms with Gasteiger partial charge in [-0.15, -0.1) is 0 Å². The highest BCUT2D eigenvalue weighted by molar-refractivity contribution is 6.21. The van der Waals surface area contributed by atoms with Crippen LogP contribution in [-0.4, -0.2) is 40.9 Å². The summed E-state index contributed by atoms with van der Waals surface area (Å²) in [6.07, 6.45) is 0.638. The first kappa shape index (κ1) is 15.9. The number of aromatic nitrogens is 1. The summed E-state index contributed by atoms with van der Waals surface area (Å²) in [6, 6.07) is 8.48. The van der Waals surface area contributed by atoms with Gasteiger partial charge in [-0.05, 0) is 19.1 Å². The number of imide groups is 1. The third-order valence-electron chi connectivity index (χ3n) is 3.82. The van der Waals surface area contributed by atoms with E-state index in [0.717, 1.165) is 16.4 Å². The van der Waals surface area contributed by atoms with Crippen molar-refractivity contribution >= 4 is 17.7 Å². The summed E-state index contributed by atoms with van der Waals surface area (Å²) in [5, 5.41) is 6.59. The summed E-state index contributed by atoms with van der Waals surface area (Å²) >= 11 is 0. The number of nitrogens with one attached hydrogen (secondary N) is 1. The molecule has 0 spiro atoms. The summed E-state index contributed by atoms with van der Waals surface area (Å²) in [5.41, 5.74) is 1.56. The van der Waals surface area contributed by atoms with Crippen LogP contribution in [0.25, 0.3) is 0 Å². The SMILES string of the molecule is Cc1cc(CCNC(=O)CCN2C(=O)c3ccccc3C2=O)no1. The number of hydrogen-bond acceptors (Lipinski definition) is 5. The minimum absolute atomic E-state index is 0.0707. The van der Waals surface area contributed by atoms with Crippen LogP contribution in [0.4, 0.5) is 0 Å². The zero-order chi connectivity index (χ0) is 17.1. The van der Waals surface area contributed by atoms with E-state index in [1.165, 1.54) is 0 Å². The molecule has 0 aliphatic carbocycles. The van der Waals surface area contributed by atoms with Crippen LogP contribution < -0.4 is 5.32 Å². The first-order valence-electron chi connectivity index (χ1n) is 7.70. The molecule has 24 heavy (non-hydrogen) atoms. The number of nitrogens with zero attached hydrogens (tertiary/aromatic N) is 2. The topological polar surface area (TPSA) is 92.5 Å². The molecule has 0 radical (unpaired) electrons. The standard InChI is InChI=1S/C17H17N3O4/c1-11-10-12(19-24-11)6-8-18-15(21)7-9-20-16(22)13-4-2-3-5-14(13)17(20)23/h2-5,10H,6-9H2,1H3,(H,18,21). The first-order chi connectivity index (χ1) is 11.6. The lowest BCUT2D eigenvalue weighted by molar-refractivity contribution is -0.121. The van der Waals surface area contributed by atoms with Crippen LogP contribution in [0.15, 0.2) is 34.9 Å². The second-order valence-electron chi connectivity index (χ2n) is 5.59. The fourth-order valence-electron chi connectivity index (χ4n) is 2.61. The highest BCUT2D eigenvalue weighted by atomic mass is 16.5. The Hall–Kier alpha value is -2.96. The number of hydrogen-bond donors (Lipinski definition) is 1. The van der Waals surface area contributed by atoms with E-state index in [0.29, 0.717) is 24.1 Å². The van der Waals surface area contributed by atoms with Crippen LogP contribution in [0.3, 0.4) is 0 Å². The van der Waals surface area contributed by atoms with Gasteiger partial charge in [0.05, 0.1) is 16.8 Å². The molecule has 0 bridgehead atoms. The normalized spacial score (nSPS) is 13.3. The number of carbonyl (C=O) groups is 3. The van der Waals surface area contributed by atoms with Gasteiger partial charge < -0.3 is 9.84 Å². The number of benzene rings is 1. The number of aryl methyl sites for hydroxylation is 1. The lowest BCUT2D eigenvalue weighted by Gasteiger charge is -2.13. The number of carbonyl (C=O) groups excluding carboxylic acids is 3. The highest BCUT2D eigenvalue weighted by Gasteiger charge is 2.34. The average Bonchev–Trinajstić information content (AvgIpc) is 3.09. The van der Waals surface area contributed by atoms with Crippen LogP contribution >= 0.6 is 0 Å². The molecule has 1 aromatic carbocycles. The Morgan fingerprint density at radius 1 is 1.21 bits per heavy atom. The molecule has 7 heteroatoms. The van der Waals surface area contributed by atoms with E-state index < -0.39 is 0 Å². The molecular formula is C17H17N3O4. The minimum atomic E-state index is -0.346. The van der Waals surface area contributed by atoms with Gasteiger partial charge in [0.2, 0.25) is 5.91 Å². The van der Waals surface area contributed by atoms with E-state index in [-0.39, 0.29) is 30.7 Å². The van der Waals surface area contributed by atoms with Crippen LogP contribution in [0.1, 0.15) is 38.6 Å². The third kappa shape index (κ3) is 3.19. The molecule has 2 heterocycles. The number of amides is 3. The molecule has 7 nitrogen and oxygen atoms in total. The van der Waals surface area contributed by atoms with Crippen molar-refractivity contribution in [1.29, 1.82) is 0 Å². The highest BCUT2D eigenvalue weighted by Crippen LogP contribution is 2.22. The Balaban J connectivity index is 1.47. The van der Waals surface area contributed by atoms with Gasteiger partial charge in [0.15, 0.2) is 0 Å². The molecule has 0 saturated heterocycles. The van der Waals surface area contributed by atoms with Crippen molar-refractivity contribution in [2.45, 2.75) is 19.8 Å². The van der Waals surface area contributed by atoms with E-state index in [9.17, 15) is 14.4 Å². The van der Waals surface area contributed by atoms with Crippen molar-refractivity contribution in [3.8, 4) is 0 Å². The zero-order valence-corrected chi connectivity index (χ0v) is 13.2. The van der Waals surface area contributed by atoms with Gasteiger partial charge in [-0.3, -0.25) is 19.3 Å². The Labute approximate surface area is 138 Å². The predicted molar refractivity (Wildman–Crippen MR) is 84.4 cm³/mol. The summed E-state index contributed by atoms with van der Waals surface area (Å²) in [7, 11) is 0. The molecule has 0 atom stereocenters. The van der Waals surface area contributed by atoms with Gasteiger partial charge in [0, 0.05) is 32.0 Å². The maximum atomic E-state index is 12.2. The molecule has 0 unspecified atom stereocenters. The molecule has 0 fully saturated rings. The molecule has 3 rings (SSSR count). The Morgan fingerprint density at radius 2 is 1.88 bits per heavy atom. The molecule has 1 aliphatic heterocycles. The first-order valence-corrected chi connectivity index (χ1v) is 7.70. The maximum absolute atomic E-state index is 12.2. The van der Waals surface area contributed by atoms with Gasteiger partial charge in [-0.2, -0.15) is 0 Å². The monoisotopic (exact) mass is 327 g/mol. The van der Waals surface area contributed by atoms with Crippen molar-refractivity contribution in [1.82, 2.24) is 15.4 Å². The van der Waals surface area contributed by atoms with E-state index in [4.69, 9.17) is 4.52 Å².